The van der Waals surface area contributed by atoms with E-state index in [9.17, 15) is 0 Å². The summed E-state index contributed by atoms with van der Waals surface area (Å²) in [5.74, 6) is 1.66. The summed E-state index contributed by atoms with van der Waals surface area (Å²) < 4.78 is 10.9. The first-order chi connectivity index (χ1) is 12.7. The minimum absolute atomic E-state index is 0.830. The van der Waals surface area contributed by atoms with Crippen molar-refractivity contribution in [3.05, 3.63) is 53.1 Å². The van der Waals surface area contributed by atoms with E-state index in [1.807, 2.05) is 0 Å². The van der Waals surface area contributed by atoms with Crippen LogP contribution in [0.15, 0.2) is 36.4 Å². The van der Waals surface area contributed by atoms with Gasteiger partial charge in [0.25, 0.3) is 0 Å². The summed E-state index contributed by atoms with van der Waals surface area (Å²) in [5.41, 5.74) is 5.49. The number of nitrogens with one attached hydrogen (secondary N) is 1. The fourth-order valence-corrected chi connectivity index (χ4v) is 3.88. The van der Waals surface area contributed by atoms with E-state index in [1.54, 1.807) is 19.1 Å². The zero-order chi connectivity index (χ0) is 18.5. The highest BCUT2D eigenvalue weighted by atomic mass is 16.5. The largest absolute Gasteiger partial charge is 0.493 e. The van der Waals surface area contributed by atoms with Crippen LogP contribution >= 0.6 is 0 Å². The van der Waals surface area contributed by atoms with Gasteiger partial charge in [0.1, 0.15) is 13.1 Å². The Bertz CT molecular complexity index is 724. The zero-order valence-electron chi connectivity index (χ0n) is 16.5. The molecule has 0 fully saturated rings. The molecule has 0 saturated heterocycles. The van der Waals surface area contributed by atoms with Gasteiger partial charge in [-0.25, -0.2) is 0 Å². The molecule has 3 rings (SSSR count). The molecule has 2 aromatic carbocycles. The average Bonchev–Trinajstić information content (AvgIpc) is 2.69. The van der Waals surface area contributed by atoms with Crippen LogP contribution in [-0.2, 0) is 19.5 Å². The molecule has 0 saturated carbocycles. The summed E-state index contributed by atoms with van der Waals surface area (Å²) in [6.07, 6.45) is 1.09. The van der Waals surface area contributed by atoms with Gasteiger partial charge in [0.05, 0.1) is 20.8 Å². The molecule has 1 N–H and O–H groups in total. The smallest absolute Gasteiger partial charge is 0.161 e. The molecule has 1 atom stereocenters. The number of methoxy groups -OCH3 is 2. The Labute approximate surface area is 157 Å². The van der Waals surface area contributed by atoms with E-state index in [4.69, 9.17) is 9.47 Å². The lowest BCUT2D eigenvalue weighted by Gasteiger charge is -2.27. The third-order valence-electron chi connectivity index (χ3n) is 5.41. The number of hydrogen-bond donors (Lipinski definition) is 1. The van der Waals surface area contributed by atoms with Crippen LogP contribution in [0.1, 0.15) is 30.5 Å². The van der Waals surface area contributed by atoms with Gasteiger partial charge in [-0.3, -0.25) is 0 Å². The van der Waals surface area contributed by atoms with Crippen LogP contribution < -0.4 is 19.3 Å². The number of nitrogens with zero attached hydrogens (tertiary/aromatic N) is 1. The van der Waals surface area contributed by atoms with Gasteiger partial charge in [-0.2, -0.15) is 0 Å². The molecule has 4 nitrogen and oxygen atoms in total. The van der Waals surface area contributed by atoms with Crippen molar-refractivity contribution in [1.29, 1.82) is 0 Å². The quantitative estimate of drug-likeness (QED) is 0.827. The van der Waals surface area contributed by atoms with Gasteiger partial charge < -0.3 is 19.3 Å². The van der Waals surface area contributed by atoms with Crippen molar-refractivity contribution in [2.24, 2.45) is 0 Å². The first-order valence-corrected chi connectivity index (χ1v) is 9.59. The van der Waals surface area contributed by atoms with Crippen LogP contribution in [0.4, 0.5) is 5.69 Å². The van der Waals surface area contributed by atoms with Crippen LogP contribution in [-0.4, -0.2) is 33.9 Å². The van der Waals surface area contributed by atoms with Crippen LogP contribution in [0.25, 0.3) is 0 Å². The van der Waals surface area contributed by atoms with E-state index in [0.29, 0.717) is 0 Å². The minimum atomic E-state index is 0.830. The van der Waals surface area contributed by atoms with Gasteiger partial charge in [-0.05, 0) is 43.7 Å². The van der Waals surface area contributed by atoms with E-state index in [-0.39, 0.29) is 0 Å². The molecule has 4 heteroatoms. The normalized spacial score (nSPS) is 16.1. The Morgan fingerprint density at radius 1 is 0.923 bits per heavy atom. The van der Waals surface area contributed by atoms with Crippen molar-refractivity contribution in [2.75, 3.05) is 38.8 Å². The summed E-state index contributed by atoms with van der Waals surface area (Å²) in [4.78, 5) is 3.98. The SMILES string of the molecule is CCN(CC)c1ccc(C[NH+]2CCc3cc(OC)c(OC)cc3C2)cc1. The van der Waals surface area contributed by atoms with Crippen molar-refractivity contribution in [3.8, 4) is 11.5 Å². The summed E-state index contributed by atoms with van der Waals surface area (Å²) in [7, 11) is 3.40. The van der Waals surface area contributed by atoms with Gasteiger partial charge in [-0.1, -0.05) is 12.1 Å². The fraction of sp³-hybridized carbons (Fsp3) is 0.455. The van der Waals surface area contributed by atoms with Crippen LogP contribution in [0.2, 0.25) is 0 Å². The maximum absolute atomic E-state index is 5.47. The third kappa shape index (κ3) is 3.96. The van der Waals surface area contributed by atoms with E-state index in [0.717, 1.165) is 50.6 Å². The van der Waals surface area contributed by atoms with E-state index >= 15 is 0 Å². The second kappa shape index (κ2) is 8.45. The first-order valence-electron chi connectivity index (χ1n) is 9.59. The Kier molecular flexibility index (Phi) is 6.04. The molecule has 2 aromatic rings. The number of rotatable bonds is 7. The highest BCUT2D eigenvalue weighted by Gasteiger charge is 2.22. The lowest BCUT2D eigenvalue weighted by molar-refractivity contribution is -0.929. The topological polar surface area (TPSA) is 26.1 Å². The van der Waals surface area contributed by atoms with Crippen LogP contribution in [0, 0.1) is 0 Å². The van der Waals surface area contributed by atoms with Crippen molar-refractivity contribution >= 4 is 5.69 Å². The third-order valence-corrected chi connectivity index (χ3v) is 5.41. The molecule has 0 radical (unpaired) electrons. The molecule has 26 heavy (non-hydrogen) atoms. The molecule has 1 unspecified atom stereocenters. The number of anilines is 1. The second-order valence-corrected chi connectivity index (χ2v) is 6.92. The number of hydrogen-bond acceptors (Lipinski definition) is 3. The molecule has 1 heterocycles. The highest BCUT2D eigenvalue weighted by Crippen LogP contribution is 2.31. The van der Waals surface area contributed by atoms with Crippen molar-refractivity contribution in [1.82, 2.24) is 0 Å². The molecular formula is C22H31N2O2+. The van der Waals surface area contributed by atoms with E-state index in [1.165, 1.54) is 22.4 Å². The predicted molar refractivity (Wildman–Crippen MR) is 106 cm³/mol. The van der Waals surface area contributed by atoms with Gasteiger partial charge >= 0.3 is 0 Å². The number of ether oxygens (including phenoxy) is 2. The average molecular weight is 356 g/mol. The lowest BCUT2D eigenvalue weighted by Crippen LogP contribution is -3.10. The molecule has 1 aliphatic heterocycles. The molecular weight excluding hydrogens is 324 g/mol. The molecule has 1 aliphatic rings. The van der Waals surface area contributed by atoms with Crippen LogP contribution in [0.5, 0.6) is 11.5 Å². The zero-order valence-corrected chi connectivity index (χ0v) is 16.5. The monoisotopic (exact) mass is 355 g/mol. The maximum atomic E-state index is 5.47. The van der Waals surface area contributed by atoms with Gasteiger partial charge in [0.15, 0.2) is 11.5 Å². The van der Waals surface area contributed by atoms with E-state index < -0.39 is 0 Å². The maximum Gasteiger partial charge on any atom is 0.161 e. The van der Waals surface area contributed by atoms with Gasteiger partial charge in [0, 0.05) is 36.3 Å². The predicted octanol–water partition coefficient (Wildman–Crippen LogP) is 2.69. The van der Waals surface area contributed by atoms with Gasteiger partial charge in [0.2, 0.25) is 0 Å². The Balaban J connectivity index is 1.69. The van der Waals surface area contributed by atoms with Crippen molar-refractivity contribution in [2.45, 2.75) is 33.4 Å². The minimum Gasteiger partial charge on any atom is -0.493 e. The highest BCUT2D eigenvalue weighted by molar-refractivity contribution is 5.48. The number of fused-ring (bicyclic) bond motifs is 1. The Hall–Kier alpha value is -2.20. The standard InChI is InChI=1S/C22H30N2O2/c1-5-24(6-2)20-9-7-17(8-10-20)15-23-12-11-18-13-21(25-3)22(26-4)14-19(18)16-23/h7-10,13-14H,5-6,11-12,15-16H2,1-4H3/p+1. The summed E-state index contributed by atoms with van der Waals surface area (Å²) >= 11 is 0. The van der Waals surface area contributed by atoms with Crippen molar-refractivity contribution in [3.63, 3.8) is 0 Å². The summed E-state index contributed by atoms with van der Waals surface area (Å²) in [6, 6.07) is 13.4. The van der Waals surface area contributed by atoms with Gasteiger partial charge in [-0.15, -0.1) is 0 Å². The summed E-state index contributed by atoms with van der Waals surface area (Å²) in [5, 5.41) is 0. The molecule has 0 aliphatic carbocycles. The van der Waals surface area contributed by atoms with Crippen molar-refractivity contribution < 1.29 is 14.4 Å². The lowest BCUT2D eigenvalue weighted by atomic mass is 9.98. The second-order valence-electron chi connectivity index (χ2n) is 6.92. The molecule has 0 aromatic heterocycles. The van der Waals surface area contributed by atoms with Crippen LogP contribution in [0.3, 0.4) is 0 Å². The molecule has 140 valence electrons. The first kappa shape index (κ1) is 18.6. The fourth-order valence-electron chi connectivity index (χ4n) is 3.88. The number of quaternary nitrogens is 1. The molecule has 0 amide bonds. The Morgan fingerprint density at radius 2 is 1.54 bits per heavy atom. The molecule has 0 bridgehead atoms. The van der Waals surface area contributed by atoms with E-state index in [2.05, 4.69) is 55.1 Å². The number of benzene rings is 2. The molecule has 0 spiro atoms. The summed E-state index contributed by atoms with van der Waals surface area (Å²) in [6.45, 7) is 9.76. The Morgan fingerprint density at radius 3 is 2.12 bits per heavy atom.